The molecule has 1 heterocycles. The molecule has 2 nitrogen and oxygen atoms in total. The van der Waals surface area contributed by atoms with E-state index in [-0.39, 0.29) is 5.41 Å². The highest BCUT2D eigenvalue weighted by Crippen LogP contribution is 2.28. The summed E-state index contributed by atoms with van der Waals surface area (Å²) in [7, 11) is 0. The molecule has 0 aliphatic carbocycles. The van der Waals surface area contributed by atoms with E-state index in [2.05, 4.69) is 24.3 Å². The van der Waals surface area contributed by atoms with Crippen LogP contribution in [0.15, 0.2) is 12.3 Å². The summed E-state index contributed by atoms with van der Waals surface area (Å²) >= 11 is 1.56. The van der Waals surface area contributed by atoms with E-state index in [1.165, 1.54) is 4.88 Å². The highest BCUT2D eigenvalue weighted by atomic mass is 32.1. The molecule has 2 N–H and O–H groups in total. The van der Waals surface area contributed by atoms with E-state index in [0.717, 1.165) is 13.0 Å². The summed E-state index contributed by atoms with van der Waals surface area (Å²) < 4.78 is 4.07. The molecule has 0 saturated heterocycles. The van der Waals surface area contributed by atoms with Crippen LogP contribution in [0.4, 0.5) is 0 Å². The van der Waals surface area contributed by atoms with Crippen LogP contribution < -0.4 is 5.73 Å². The molecule has 0 bridgehead atoms. The van der Waals surface area contributed by atoms with Crippen LogP contribution >= 0.6 is 11.5 Å². The van der Waals surface area contributed by atoms with Crippen molar-refractivity contribution in [3.63, 3.8) is 0 Å². The van der Waals surface area contributed by atoms with Crippen molar-refractivity contribution in [3.8, 4) is 0 Å². The molecule has 0 atom stereocenters. The number of hydrogen-bond donors (Lipinski definition) is 1. The first-order valence-corrected chi connectivity index (χ1v) is 4.55. The van der Waals surface area contributed by atoms with Gasteiger partial charge in [-0.2, -0.15) is 0 Å². The van der Waals surface area contributed by atoms with E-state index in [1.807, 2.05) is 6.20 Å². The predicted octanol–water partition coefficient (Wildman–Crippen LogP) is 1.77. The van der Waals surface area contributed by atoms with Crippen molar-refractivity contribution in [3.05, 3.63) is 17.1 Å². The van der Waals surface area contributed by atoms with Crippen LogP contribution in [0.1, 0.15) is 25.1 Å². The van der Waals surface area contributed by atoms with Crippen molar-refractivity contribution >= 4 is 11.5 Å². The number of hydrogen-bond acceptors (Lipinski definition) is 3. The van der Waals surface area contributed by atoms with Crippen molar-refractivity contribution in [2.45, 2.75) is 25.7 Å². The van der Waals surface area contributed by atoms with Gasteiger partial charge in [-0.3, -0.25) is 0 Å². The second kappa shape index (κ2) is 3.32. The molecule has 0 amide bonds. The monoisotopic (exact) mass is 170 g/mol. The van der Waals surface area contributed by atoms with Gasteiger partial charge in [0.15, 0.2) is 0 Å². The lowest BCUT2D eigenvalue weighted by atomic mass is 9.88. The molecule has 3 heteroatoms. The zero-order valence-electron chi connectivity index (χ0n) is 7.00. The zero-order chi connectivity index (χ0) is 8.32. The molecule has 0 fully saturated rings. The van der Waals surface area contributed by atoms with Crippen LogP contribution in [0.3, 0.4) is 0 Å². The first kappa shape index (κ1) is 8.68. The van der Waals surface area contributed by atoms with E-state index in [0.29, 0.717) is 0 Å². The second-order valence-electron chi connectivity index (χ2n) is 3.30. The lowest BCUT2D eigenvalue weighted by Gasteiger charge is -2.21. The fourth-order valence-electron chi connectivity index (χ4n) is 1.05. The first-order valence-electron chi connectivity index (χ1n) is 3.78. The van der Waals surface area contributed by atoms with E-state index in [4.69, 9.17) is 5.73 Å². The van der Waals surface area contributed by atoms with Crippen molar-refractivity contribution in [1.82, 2.24) is 4.37 Å². The fourth-order valence-corrected chi connectivity index (χ4v) is 1.76. The van der Waals surface area contributed by atoms with Gasteiger partial charge in [0.2, 0.25) is 0 Å². The normalized spacial score (nSPS) is 11.9. The number of nitrogens with two attached hydrogens (primary N) is 1. The molecular weight excluding hydrogens is 156 g/mol. The minimum atomic E-state index is 0.204. The van der Waals surface area contributed by atoms with Crippen molar-refractivity contribution < 1.29 is 0 Å². The van der Waals surface area contributed by atoms with Crippen molar-refractivity contribution in [1.29, 1.82) is 0 Å². The first-order chi connectivity index (χ1) is 5.17. The Hall–Kier alpha value is -0.410. The lowest BCUT2D eigenvalue weighted by Crippen LogP contribution is -2.20. The van der Waals surface area contributed by atoms with Crippen molar-refractivity contribution in [2.75, 3.05) is 6.54 Å². The van der Waals surface area contributed by atoms with Gasteiger partial charge < -0.3 is 5.73 Å². The summed E-state index contributed by atoms with van der Waals surface area (Å²) in [4.78, 5) is 1.32. The van der Waals surface area contributed by atoms with Crippen LogP contribution in [0.2, 0.25) is 0 Å². The largest absolute Gasteiger partial charge is 0.330 e. The quantitative estimate of drug-likeness (QED) is 0.751. The average Bonchev–Trinajstić information content (AvgIpc) is 2.37. The number of nitrogens with zero attached hydrogens (tertiary/aromatic N) is 1. The Labute approximate surface area is 71.6 Å². The smallest absolute Gasteiger partial charge is 0.0409 e. The van der Waals surface area contributed by atoms with Crippen LogP contribution in [0.25, 0.3) is 0 Å². The third-order valence-electron chi connectivity index (χ3n) is 1.87. The maximum atomic E-state index is 5.50. The van der Waals surface area contributed by atoms with E-state index < -0.39 is 0 Å². The molecular formula is C8H14N2S. The highest BCUT2D eigenvalue weighted by molar-refractivity contribution is 7.05. The van der Waals surface area contributed by atoms with Crippen LogP contribution in [0.5, 0.6) is 0 Å². The summed E-state index contributed by atoms with van der Waals surface area (Å²) in [6.45, 7) is 5.14. The fraction of sp³-hybridized carbons (Fsp3) is 0.625. The van der Waals surface area contributed by atoms with Gasteiger partial charge in [0.05, 0.1) is 0 Å². The van der Waals surface area contributed by atoms with Gasteiger partial charge in [0, 0.05) is 16.5 Å². The van der Waals surface area contributed by atoms with Crippen LogP contribution in [0, 0.1) is 0 Å². The van der Waals surface area contributed by atoms with E-state index >= 15 is 0 Å². The van der Waals surface area contributed by atoms with Gasteiger partial charge in [-0.15, -0.1) is 0 Å². The minimum absolute atomic E-state index is 0.204. The number of rotatable bonds is 3. The predicted molar refractivity (Wildman–Crippen MR) is 48.8 cm³/mol. The Morgan fingerprint density at radius 2 is 2.36 bits per heavy atom. The molecule has 0 unspecified atom stereocenters. The van der Waals surface area contributed by atoms with Gasteiger partial charge in [0.1, 0.15) is 0 Å². The molecule has 0 aromatic carbocycles. The molecule has 0 saturated carbocycles. The zero-order valence-corrected chi connectivity index (χ0v) is 7.82. The molecule has 0 radical (unpaired) electrons. The Balaban J connectivity index is 2.73. The molecule has 0 spiro atoms. The van der Waals surface area contributed by atoms with E-state index in [1.54, 1.807) is 11.5 Å². The molecule has 1 rings (SSSR count). The standard InChI is InChI=1S/C8H14N2S/c1-8(2,4-5-9)7-3-6-10-11-7/h3,6H,4-5,9H2,1-2H3. The summed E-state index contributed by atoms with van der Waals surface area (Å²) in [5.41, 5.74) is 5.71. The molecule has 11 heavy (non-hydrogen) atoms. The second-order valence-corrected chi connectivity index (χ2v) is 4.13. The van der Waals surface area contributed by atoms with Crippen LogP contribution in [-0.2, 0) is 5.41 Å². The Morgan fingerprint density at radius 3 is 2.82 bits per heavy atom. The Kier molecular flexibility index (Phi) is 2.62. The maximum absolute atomic E-state index is 5.50. The topological polar surface area (TPSA) is 38.9 Å². The van der Waals surface area contributed by atoms with Gasteiger partial charge in [-0.1, -0.05) is 13.8 Å². The summed E-state index contributed by atoms with van der Waals surface area (Å²) in [5, 5.41) is 0. The Bertz CT molecular complexity index is 204. The van der Waals surface area contributed by atoms with Gasteiger partial charge in [-0.05, 0) is 30.6 Å². The number of aromatic nitrogens is 1. The molecule has 0 aliphatic heterocycles. The third-order valence-corrected chi connectivity index (χ3v) is 2.99. The molecule has 1 aromatic rings. The average molecular weight is 170 g/mol. The van der Waals surface area contributed by atoms with Gasteiger partial charge >= 0.3 is 0 Å². The van der Waals surface area contributed by atoms with Gasteiger partial charge in [0.25, 0.3) is 0 Å². The third kappa shape index (κ3) is 2.01. The lowest BCUT2D eigenvalue weighted by molar-refractivity contribution is 0.497. The molecule has 0 aliphatic rings. The molecule has 62 valence electrons. The van der Waals surface area contributed by atoms with Gasteiger partial charge in [-0.25, -0.2) is 4.37 Å². The summed E-state index contributed by atoms with van der Waals surface area (Å²) in [6, 6.07) is 2.07. The Morgan fingerprint density at radius 1 is 1.64 bits per heavy atom. The van der Waals surface area contributed by atoms with E-state index in [9.17, 15) is 0 Å². The van der Waals surface area contributed by atoms with Crippen LogP contribution in [-0.4, -0.2) is 10.9 Å². The minimum Gasteiger partial charge on any atom is -0.330 e. The summed E-state index contributed by atoms with van der Waals surface area (Å²) in [5.74, 6) is 0. The highest BCUT2D eigenvalue weighted by Gasteiger charge is 2.20. The molecule has 1 aromatic heterocycles. The van der Waals surface area contributed by atoms with Crippen molar-refractivity contribution in [2.24, 2.45) is 5.73 Å². The maximum Gasteiger partial charge on any atom is 0.0409 e. The summed E-state index contributed by atoms with van der Waals surface area (Å²) in [6.07, 6.45) is 2.87. The SMILES string of the molecule is CC(C)(CCN)c1ccns1.